The standard InChI is InChI=1S/C27H27F2N9O5S/c28-16-12-15(43-20-14-36(26(39)40)13-17(20)29)3-4-18(16)35-8-5-34(6-9-35)7-10-37-23-21(44-27(37)41)24-31-22(19-2-1-11-42-19)33-38(24)25(30)32-23/h1-4,11-12,17,20H,5-10,13-14H2,(H2,30,32)(H,39,40)/t17-,20-/m0/s1. The number of carboxylic acid groups (broad SMARTS) is 1. The number of carbonyl (C=O) groups is 1. The maximum Gasteiger partial charge on any atom is 0.407 e. The fraction of sp³-hybridized carbons (Fsp3) is 0.370. The Morgan fingerprint density at radius 1 is 1.14 bits per heavy atom. The normalized spacial score (nSPS) is 19.4. The Hall–Kier alpha value is -4.77. The van der Waals surface area contributed by atoms with E-state index < -0.39 is 24.2 Å². The van der Waals surface area contributed by atoms with Crippen LogP contribution in [0.5, 0.6) is 5.75 Å². The number of nitrogens with zero attached hydrogens (tertiary/aromatic N) is 8. The van der Waals surface area contributed by atoms with Crippen LogP contribution in [0.4, 0.5) is 25.2 Å². The van der Waals surface area contributed by atoms with Crippen molar-refractivity contribution in [2.24, 2.45) is 0 Å². The van der Waals surface area contributed by atoms with Crippen LogP contribution in [0.3, 0.4) is 0 Å². The number of benzene rings is 1. The van der Waals surface area contributed by atoms with Gasteiger partial charge in [0.05, 0.1) is 25.0 Å². The molecule has 0 bridgehead atoms. The smallest absolute Gasteiger partial charge is 0.407 e. The number of anilines is 2. The minimum atomic E-state index is -1.48. The average molecular weight is 628 g/mol. The highest BCUT2D eigenvalue weighted by atomic mass is 32.1. The van der Waals surface area contributed by atoms with Crippen molar-refractivity contribution in [3.05, 3.63) is 52.1 Å². The highest BCUT2D eigenvalue weighted by Gasteiger charge is 2.37. The molecule has 14 nitrogen and oxygen atoms in total. The van der Waals surface area contributed by atoms with Crippen molar-refractivity contribution in [2.45, 2.75) is 18.8 Å². The summed E-state index contributed by atoms with van der Waals surface area (Å²) in [6.07, 6.45) is -2.17. The first-order chi connectivity index (χ1) is 21.2. The van der Waals surface area contributed by atoms with Crippen molar-refractivity contribution in [1.82, 2.24) is 33.9 Å². The second kappa shape index (κ2) is 11.1. The van der Waals surface area contributed by atoms with Gasteiger partial charge in [0, 0.05) is 45.3 Å². The first kappa shape index (κ1) is 28.0. The zero-order valence-electron chi connectivity index (χ0n) is 23.2. The molecule has 17 heteroatoms. The number of amides is 1. The van der Waals surface area contributed by atoms with Crippen molar-refractivity contribution in [3.8, 4) is 17.3 Å². The quantitative estimate of drug-likeness (QED) is 0.273. The summed E-state index contributed by atoms with van der Waals surface area (Å²) in [6.45, 7) is 2.97. The summed E-state index contributed by atoms with van der Waals surface area (Å²) in [5.41, 5.74) is 7.45. The molecule has 0 aliphatic carbocycles. The lowest BCUT2D eigenvalue weighted by Gasteiger charge is -2.36. The van der Waals surface area contributed by atoms with E-state index in [1.165, 1.54) is 16.8 Å². The fourth-order valence-corrected chi connectivity index (χ4v) is 6.52. The summed E-state index contributed by atoms with van der Waals surface area (Å²) in [5.74, 6) is 0.562. The van der Waals surface area contributed by atoms with Crippen LogP contribution in [0.15, 0.2) is 45.8 Å². The molecular weight excluding hydrogens is 600 g/mol. The van der Waals surface area contributed by atoms with E-state index >= 15 is 4.39 Å². The van der Waals surface area contributed by atoms with E-state index in [9.17, 15) is 14.0 Å². The lowest BCUT2D eigenvalue weighted by molar-refractivity contribution is 0.134. The summed E-state index contributed by atoms with van der Waals surface area (Å²) in [7, 11) is 0. The molecular formula is C27H27F2N9O5S. The molecule has 0 saturated carbocycles. The van der Waals surface area contributed by atoms with Crippen LogP contribution in [-0.4, -0.2) is 103 Å². The molecule has 0 unspecified atom stereocenters. The zero-order chi connectivity index (χ0) is 30.5. The van der Waals surface area contributed by atoms with Crippen LogP contribution in [0, 0.1) is 5.82 Å². The predicted octanol–water partition coefficient (Wildman–Crippen LogP) is 2.38. The van der Waals surface area contributed by atoms with E-state index in [4.69, 9.17) is 20.0 Å². The lowest BCUT2D eigenvalue weighted by Crippen LogP contribution is -2.47. The minimum absolute atomic E-state index is 0.103. The number of ether oxygens (including phenoxy) is 1. The van der Waals surface area contributed by atoms with Crippen LogP contribution >= 0.6 is 11.3 Å². The Morgan fingerprint density at radius 2 is 1.95 bits per heavy atom. The number of hydrogen-bond donors (Lipinski definition) is 2. The predicted molar refractivity (Wildman–Crippen MR) is 157 cm³/mol. The van der Waals surface area contributed by atoms with E-state index in [0.717, 1.165) is 16.2 Å². The third-order valence-corrected chi connectivity index (χ3v) is 8.85. The fourth-order valence-electron chi connectivity index (χ4n) is 5.58. The maximum absolute atomic E-state index is 15.1. The van der Waals surface area contributed by atoms with Crippen LogP contribution < -0.4 is 20.2 Å². The Kier molecular flexibility index (Phi) is 7.04. The molecule has 230 valence electrons. The largest absolute Gasteiger partial charge is 0.485 e. The van der Waals surface area contributed by atoms with Gasteiger partial charge >= 0.3 is 11.0 Å². The van der Waals surface area contributed by atoms with Gasteiger partial charge in [-0.15, -0.1) is 5.10 Å². The van der Waals surface area contributed by atoms with Gasteiger partial charge in [-0.25, -0.2) is 18.6 Å². The van der Waals surface area contributed by atoms with Gasteiger partial charge in [0.15, 0.2) is 23.2 Å². The van der Waals surface area contributed by atoms with Gasteiger partial charge in [-0.1, -0.05) is 11.3 Å². The number of aromatic nitrogens is 5. The lowest BCUT2D eigenvalue weighted by atomic mass is 10.2. The number of likely N-dealkylation sites (tertiary alicyclic amines) is 1. The van der Waals surface area contributed by atoms with Gasteiger partial charge in [0.2, 0.25) is 11.8 Å². The van der Waals surface area contributed by atoms with Crippen LogP contribution in [0.1, 0.15) is 0 Å². The summed E-state index contributed by atoms with van der Waals surface area (Å²) in [6, 6.07) is 7.82. The van der Waals surface area contributed by atoms with Gasteiger partial charge < -0.3 is 29.8 Å². The molecule has 1 amide bonds. The Bertz CT molecular complexity index is 1900. The van der Waals surface area contributed by atoms with E-state index in [1.807, 2.05) is 4.90 Å². The number of thiazole rings is 1. The third-order valence-electron chi connectivity index (χ3n) is 7.89. The number of rotatable bonds is 7. The van der Waals surface area contributed by atoms with Gasteiger partial charge in [-0.3, -0.25) is 14.3 Å². The number of nitrogens with two attached hydrogens (primary N) is 1. The molecule has 2 fully saturated rings. The molecule has 3 N–H and O–H groups in total. The third kappa shape index (κ3) is 5.06. The van der Waals surface area contributed by atoms with Crippen molar-refractivity contribution in [3.63, 3.8) is 0 Å². The number of furan rings is 1. The topological polar surface area (TPSA) is 160 Å². The molecule has 5 aromatic rings. The second-order valence-electron chi connectivity index (χ2n) is 10.6. The van der Waals surface area contributed by atoms with E-state index in [1.54, 1.807) is 28.8 Å². The molecule has 1 aromatic carbocycles. The maximum atomic E-state index is 15.1. The molecule has 2 saturated heterocycles. The Morgan fingerprint density at radius 3 is 2.66 bits per heavy atom. The highest BCUT2D eigenvalue weighted by Crippen LogP contribution is 2.29. The van der Waals surface area contributed by atoms with E-state index in [2.05, 4.69) is 20.0 Å². The molecule has 2 atom stereocenters. The van der Waals surface area contributed by atoms with E-state index in [0.29, 0.717) is 72.5 Å². The first-order valence-electron chi connectivity index (χ1n) is 13.9. The molecule has 44 heavy (non-hydrogen) atoms. The summed E-state index contributed by atoms with van der Waals surface area (Å²) < 4.78 is 43.8. The average Bonchev–Trinajstić information content (AvgIpc) is 3.80. The van der Waals surface area contributed by atoms with Gasteiger partial charge in [-0.05, 0) is 24.3 Å². The highest BCUT2D eigenvalue weighted by molar-refractivity contribution is 7.17. The van der Waals surface area contributed by atoms with Gasteiger partial charge in [-0.2, -0.15) is 9.50 Å². The molecule has 0 radical (unpaired) electrons. The van der Waals surface area contributed by atoms with Crippen molar-refractivity contribution >= 4 is 45.1 Å². The summed E-state index contributed by atoms with van der Waals surface area (Å²) >= 11 is 1.03. The second-order valence-corrected chi connectivity index (χ2v) is 11.6. The number of alkyl halides is 1. The Labute approximate surface area is 251 Å². The van der Waals surface area contributed by atoms with Crippen LogP contribution in [-0.2, 0) is 6.54 Å². The SMILES string of the molecule is Nc1nc2c(sc(=O)n2CCN2CCN(c3ccc(O[C@H]4CN(C(=O)O)C[C@@H]4F)cc3F)CC2)c2nc(-c3ccco3)nn12. The van der Waals surface area contributed by atoms with E-state index in [-0.39, 0.29) is 29.7 Å². The molecule has 4 aromatic heterocycles. The monoisotopic (exact) mass is 627 g/mol. The van der Waals surface area contributed by atoms with Gasteiger partial charge in [0.25, 0.3) is 0 Å². The summed E-state index contributed by atoms with van der Waals surface area (Å²) in [5, 5.41) is 13.4. The molecule has 2 aliphatic heterocycles. The number of piperazine rings is 1. The van der Waals surface area contributed by atoms with Crippen molar-refractivity contribution in [2.75, 3.05) is 56.4 Å². The first-order valence-corrected chi connectivity index (χ1v) is 14.7. The molecule has 2 aliphatic rings. The molecule has 0 spiro atoms. The number of nitrogen functional groups attached to an aromatic ring is 1. The molecule has 6 heterocycles. The molecule has 7 rings (SSSR count). The number of fused-ring (bicyclic) bond motifs is 3. The number of halogens is 2. The van der Waals surface area contributed by atoms with Crippen molar-refractivity contribution in [1.29, 1.82) is 0 Å². The zero-order valence-corrected chi connectivity index (χ0v) is 24.0. The Balaban J connectivity index is 0.990. The van der Waals surface area contributed by atoms with Crippen LogP contribution in [0.2, 0.25) is 0 Å². The van der Waals surface area contributed by atoms with Crippen molar-refractivity contribution < 1.29 is 27.8 Å². The summed E-state index contributed by atoms with van der Waals surface area (Å²) in [4.78, 5) is 37.9. The number of hydrogen-bond acceptors (Lipinski definition) is 11. The van der Waals surface area contributed by atoms with Gasteiger partial charge in [0.1, 0.15) is 22.4 Å². The minimum Gasteiger partial charge on any atom is -0.485 e. The van der Waals surface area contributed by atoms with Crippen LogP contribution in [0.25, 0.3) is 27.6 Å².